The fraction of sp³-hybridized carbons (Fsp3) is 0. The van der Waals surface area contributed by atoms with Crippen molar-refractivity contribution in [3.05, 3.63) is 24.9 Å². The van der Waals surface area contributed by atoms with E-state index in [4.69, 9.17) is 0 Å². The number of aromatic nitrogens is 4. The van der Waals surface area contributed by atoms with E-state index in [0.29, 0.717) is 0 Å². The smallest absolute Gasteiger partial charge is 0.172 e. The molecule has 0 saturated carbocycles. The van der Waals surface area contributed by atoms with Gasteiger partial charge in [0.05, 0.1) is 12.4 Å². The molecule has 0 bridgehead atoms. The molecule has 0 aliphatic rings. The first kappa shape index (κ1) is 4.43. The monoisotopic (exact) mass is 119 g/mol. The Hall–Kier alpha value is -1.45. The molecule has 0 N–H and O–H groups in total. The summed E-state index contributed by atoms with van der Waals surface area (Å²) in [5.74, 6) is 0. The molecular formula is C5H3N4. The zero-order chi connectivity index (χ0) is 6.10. The first-order valence-corrected chi connectivity index (χ1v) is 2.48. The highest BCUT2D eigenvalue weighted by atomic mass is 15.3. The Morgan fingerprint density at radius 3 is 3.44 bits per heavy atom. The van der Waals surface area contributed by atoms with E-state index in [1.54, 1.807) is 16.9 Å². The standard InChI is InChI=1S/C5H3N4/c1-2-9-5(7-1)3-6-4-8-9/h2-4H. The number of hydrogen-bond donors (Lipinski definition) is 0. The van der Waals surface area contributed by atoms with E-state index in [2.05, 4.69) is 21.3 Å². The second kappa shape index (κ2) is 1.51. The van der Waals surface area contributed by atoms with Gasteiger partial charge in [0.15, 0.2) is 5.65 Å². The first-order valence-electron chi connectivity index (χ1n) is 2.48. The molecule has 4 nitrogen and oxygen atoms in total. The number of nitrogens with zero attached hydrogens (tertiary/aromatic N) is 4. The Morgan fingerprint density at radius 1 is 1.56 bits per heavy atom. The molecule has 0 aliphatic heterocycles. The van der Waals surface area contributed by atoms with Crippen molar-refractivity contribution in [3.63, 3.8) is 0 Å². The van der Waals surface area contributed by atoms with Crippen molar-refractivity contribution in [2.24, 2.45) is 0 Å². The molecule has 43 valence electrons. The molecule has 2 aromatic rings. The summed E-state index contributed by atoms with van der Waals surface area (Å²) < 4.78 is 1.60. The summed E-state index contributed by atoms with van der Waals surface area (Å²) >= 11 is 0. The van der Waals surface area contributed by atoms with Crippen LogP contribution in [0.1, 0.15) is 0 Å². The van der Waals surface area contributed by atoms with E-state index < -0.39 is 0 Å². The van der Waals surface area contributed by atoms with E-state index in [9.17, 15) is 0 Å². The van der Waals surface area contributed by atoms with Gasteiger partial charge in [0, 0.05) is 0 Å². The van der Waals surface area contributed by atoms with Crippen LogP contribution in [0, 0.1) is 6.20 Å². The zero-order valence-electron chi connectivity index (χ0n) is 4.52. The number of fused-ring (bicyclic) bond motifs is 1. The third-order valence-electron chi connectivity index (χ3n) is 1.03. The Morgan fingerprint density at radius 2 is 2.56 bits per heavy atom. The van der Waals surface area contributed by atoms with Gasteiger partial charge < -0.3 is 0 Å². The predicted molar refractivity (Wildman–Crippen MR) is 29.6 cm³/mol. The maximum Gasteiger partial charge on any atom is 0.172 e. The Labute approximate surface area is 51.2 Å². The molecule has 0 spiro atoms. The summed E-state index contributed by atoms with van der Waals surface area (Å²) in [6, 6.07) is 0. The van der Waals surface area contributed by atoms with Crippen LogP contribution in [0.15, 0.2) is 18.7 Å². The lowest BCUT2D eigenvalue weighted by Crippen LogP contribution is -1.88. The molecule has 1 radical (unpaired) electrons. The van der Waals surface area contributed by atoms with Gasteiger partial charge in [-0.1, -0.05) is 0 Å². The van der Waals surface area contributed by atoms with Crippen molar-refractivity contribution < 1.29 is 0 Å². The molecule has 0 aromatic carbocycles. The Bertz CT molecular complexity index is 283. The minimum Gasteiger partial charge on any atom is -0.239 e. The van der Waals surface area contributed by atoms with Crippen molar-refractivity contribution >= 4 is 5.65 Å². The number of rotatable bonds is 0. The van der Waals surface area contributed by atoms with Crippen LogP contribution < -0.4 is 0 Å². The number of hydrogen-bond acceptors (Lipinski definition) is 3. The van der Waals surface area contributed by atoms with Gasteiger partial charge in [-0.3, -0.25) is 0 Å². The molecule has 0 unspecified atom stereocenters. The molecular weight excluding hydrogens is 116 g/mol. The van der Waals surface area contributed by atoms with Crippen molar-refractivity contribution in [1.82, 2.24) is 19.6 Å². The highest BCUT2D eigenvalue weighted by Gasteiger charge is 1.88. The van der Waals surface area contributed by atoms with Crippen LogP contribution in [0.4, 0.5) is 0 Å². The van der Waals surface area contributed by atoms with Crippen LogP contribution in [0.2, 0.25) is 0 Å². The molecule has 0 saturated heterocycles. The molecule has 2 rings (SSSR count). The van der Waals surface area contributed by atoms with E-state index in [-0.39, 0.29) is 0 Å². The lowest BCUT2D eigenvalue weighted by molar-refractivity contribution is 0.897. The van der Waals surface area contributed by atoms with Crippen molar-refractivity contribution in [3.8, 4) is 0 Å². The highest BCUT2D eigenvalue weighted by molar-refractivity contribution is 5.30. The van der Waals surface area contributed by atoms with Gasteiger partial charge >= 0.3 is 0 Å². The largest absolute Gasteiger partial charge is 0.239 e. The Balaban J connectivity index is 2.95. The second-order valence-electron chi connectivity index (χ2n) is 1.58. The minimum atomic E-state index is 0.720. The third kappa shape index (κ3) is 0.561. The molecule has 2 aromatic heterocycles. The molecule has 9 heavy (non-hydrogen) atoms. The normalized spacial score (nSPS) is 10.2. The summed E-state index contributed by atoms with van der Waals surface area (Å²) in [5, 5.41) is 3.85. The van der Waals surface area contributed by atoms with E-state index in [0.717, 1.165) is 5.65 Å². The summed E-state index contributed by atoms with van der Waals surface area (Å²) in [4.78, 5) is 7.60. The average Bonchev–Trinajstić information content (AvgIpc) is 2.33. The minimum absolute atomic E-state index is 0.720. The van der Waals surface area contributed by atoms with Gasteiger partial charge in [-0.05, 0) is 0 Å². The van der Waals surface area contributed by atoms with Crippen molar-refractivity contribution in [2.75, 3.05) is 0 Å². The summed E-state index contributed by atoms with van der Waals surface area (Å²) in [6.45, 7) is 0. The van der Waals surface area contributed by atoms with E-state index in [1.165, 1.54) is 6.33 Å². The second-order valence-corrected chi connectivity index (χ2v) is 1.58. The lowest BCUT2D eigenvalue weighted by Gasteiger charge is -1.84. The summed E-state index contributed by atoms with van der Waals surface area (Å²) in [5.41, 5.74) is 0.720. The van der Waals surface area contributed by atoms with Crippen molar-refractivity contribution in [2.45, 2.75) is 0 Å². The maximum absolute atomic E-state index is 3.85. The summed E-state index contributed by atoms with van der Waals surface area (Å²) in [6.07, 6.45) is 7.39. The highest BCUT2D eigenvalue weighted by Crippen LogP contribution is 1.89. The van der Waals surface area contributed by atoms with Gasteiger partial charge in [0.2, 0.25) is 0 Å². The summed E-state index contributed by atoms with van der Waals surface area (Å²) in [7, 11) is 0. The fourth-order valence-electron chi connectivity index (χ4n) is 0.633. The maximum atomic E-state index is 3.85. The quantitative estimate of drug-likeness (QED) is 0.487. The van der Waals surface area contributed by atoms with E-state index >= 15 is 0 Å². The lowest BCUT2D eigenvalue weighted by atomic mass is 10.8. The van der Waals surface area contributed by atoms with Crippen LogP contribution in [0.25, 0.3) is 5.65 Å². The fourth-order valence-corrected chi connectivity index (χ4v) is 0.633. The molecule has 4 heteroatoms. The van der Waals surface area contributed by atoms with Crippen LogP contribution in [0.3, 0.4) is 0 Å². The van der Waals surface area contributed by atoms with E-state index in [1.807, 2.05) is 0 Å². The van der Waals surface area contributed by atoms with Gasteiger partial charge in [0.25, 0.3) is 0 Å². The van der Waals surface area contributed by atoms with Crippen LogP contribution in [0.5, 0.6) is 0 Å². The van der Waals surface area contributed by atoms with Gasteiger partial charge in [-0.2, -0.15) is 5.10 Å². The molecule has 0 atom stereocenters. The van der Waals surface area contributed by atoms with Gasteiger partial charge in [-0.25, -0.2) is 14.5 Å². The molecule has 0 amide bonds. The average molecular weight is 119 g/mol. The molecule has 0 fully saturated rings. The van der Waals surface area contributed by atoms with Crippen molar-refractivity contribution in [1.29, 1.82) is 0 Å². The first-order chi connectivity index (χ1) is 4.47. The SMILES string of the molecule is [c]1cn2ncncc2n1. The predicted octanol–water partition coefficient (Wildman–Crippen LogP) is -0.0755. The van der Waals surface area contributed by atoms with Crippen LogP contribution in [-0.4, -0.2) is 19.6 Å². The van der Waals surface area contributed by atoms with Gasteiger partial charge in [0.1, 0.15) is 12.5 Å². The topological polar surface area (TPSA) is 43.1 Å². The van der Waals surface area contributed by atoms with Crippen LogP contribution in [-0.2, 0) is 0 Å². The van der Waals surface area contributed by atoms with Crippen LogP contribution >= 0.6 is 0 Å². The molecule has 0 aliphatic carbocycles. The molecule has 2 heterocycles. The zero-order valence-corrected chi connectivity index (χ0v) is 4.52. The third-order valence-corrected chi connectivity index (χ3v) is 1.03. The van der Waals surface area contributed by atoms with Gasteiger partial charge in [-0.15, -0.1) is 0 Å². The Kier molecular flexibility index (Phi) is 0.745. The number of imidazole rings is 1.